The second-order valence-corrected chi connectivity index (χ2v) is 6.11. The third-order valence-corrected chi connectivity index (χ3v) is 4.51. The van der Waals surface area contributed by atoms with Crippen molar-refractivity contribution in [3.8, 4) is 0 Å². The molecule has 0 aliphatic carbocycles. The third-order valence-electron chi connectivity index (χ3n) is 4.51. The lowest BCUT2D eigenvalue weighted by Gasteiger charge is -2.23. The van der Waals surface area contributed by atoms with E-state index in [1.165, 1.54) is 10.9 Å². The number of H-pyrrole nitrogens is 1. The van der Waals surface area contributed by atoms with E-state index in [0.29, 0.717) is 6.42 Å². The zero-order valence-electron chi connectivity index (χ0n) is 15.1. The highest BCUT2D eigenvalue weighted by Gasteiger charge is 2.25. The molecule has 2 aromatic rings. The van der Waals surface area contributed by atoms with E-state index >= 15 is 0 Å². The Morgan fingerprint density at radius 2 is 1.85 bits per heavy atom. The summed E-state index contributed by atoms with van der Waals surface area (Å²) in [5.41, 5.74) is 3.47. The lowest BCUT2D eigenvalue weighted by molar-refractivity contribution is -0.146. The van der Waals surface area contributed by atoms with Gasteiger partial charge in [-0.1, -0.05) is 24.3 Å². The van der Waals surface area contributed by atoms with Crippen molar-refractivity contribution in [2.45, 2.75) is 32.7 Å². The van der Waals surface area contributed by atoms with Gasteiger partial charge in [-0.25, -0.2) is 9.59 Å². The first-order valence-corrected chi connectivity index (χ1v) is 9.03. The van der Waals surface area contributed by atoms with Gasteiger partial charge in [-0.05, 0) is 44.9 Å². The molecule has 138 valence electrons. The van der Waals surface area contributed by atoms with Crippen molar-refractivity contribution >= 4 is 22.8 Å². The van der Waals surface area contributed by atoms with Crippen LogP contribution in [-0.4, -0.2) is 36.7 Å². The number of carbonyl (C=O) groups is 2. The molecule has 0 saturated heterocycles. The van der Waals surface area contributed by atoms with Gasteiger partial charge in [0.05, 0.1) is 19.3 Å². The second kappa shape index (κ2) is 8.19. The van der Waals surface area contributed by atoms with Crippen molar-refractivity contribution < 1.29 is 19.1 Å². The first-order valence-electron chi connectivity index (χ1n) is 9.03. The Balaban J connectivity index is 1.86. The van der Waals surface area contributed by atoms with Crippen molar-refractivity contribution in [3.63, 3.8) is 0 Å². The molecule has 1 aromatic heterocycles. The molecule has 6 nitrogen and oxygen atoms in total. The zero-order valence-corrected chi connectivity index (χ0v) is 15.1. The molecular formula is C20H24N2O4. The number of fused-ring (bicyclic) bond motifs is 3. The largest absolute Gasteiger partial charge is 0.462 e. The first kappa shape index (κ1) is 18.2. The summed E-state index contributed by atoms with van der Waals surface area (Å²) < 4.78 is 9.99. The number of benzene rings is 1. The summed E-state index contributed by atoms with van der Waals surface area (Å²) in [5.74, 6) is -1.28. The molecule has 0 amide bonds. The van der Waals surface area contributed by atoms with Gasteiger partial charge in [0.25, 0.3) is 0 Å². The first-order chi connectivity index (χ1) is 12.7. The quantitative estimate of drug-likeness (QED) is 0.360. The highest BCUT2D eigenvalue weighted by atomic mass is 16.6. The van der Waals surface area contributed by atoms with Crippen LogP contribution in [-0.2, 0) is 25.5 Å². The van der Waals surface area contributed by atoms with Crippen LogP contribution in [0.1, 0.15) is 37.6 Å². The van der Waals surface area contributed by atoms with Gasteiger partial charge in [0, 0.05) is 16.6 Å². The van der Waals surface area contributed by atoms with Crippen molar-refractivity contribution in [1.82, 2.24) is 10.3 Å². The third kappa shape index (κ3) is 3.65. The molecule has 0 fully saturated rings. The van der Waals surface area contributed by atoms with E-state index in [4.69, 9.17) is 9.47 Å². The molecule has 3 rings (SSSR count). The average molecular weight is 356 g/mol. The Labute approximate surface area is 152 Å². The Kier molecular flexibility index (Phi) is 5.73. The van der Waals surface area contributed by atoms with E-state index in [1.54, 1.807) is 19.9 Å². The van der Waals surface area contributed by atoms with E-state index < -0.39 is 11.9 Å². The van der Waals surface area contributed by atoms with Gasteiger partial charge in [-0.15, -0.1) is 0 Å². The Morgan fingerprint density at radius 1 is 1.15 bits per heavy atom. The van der Waals surface area contributed by atoms with Crippen LogP contribution >= 0.6 is 0 Å². The number of ether oxygens (including phenoxy) is 2. The summed E-state index contributed by atoms with van der Waals surface area (Å²) in [6, 6.07) is 8.22. The smallest absolute Gasteiger partial charge is 0.345 e. The van der Waals surface area contributed by atoms with Crippen molar-refractivity contribution in [1.29, 1.82) is 0 Å². The fourth-order valence-electron chi connectivity index (χ4n) is 3.37. The molecule has 26 heavy (non-hydrogen) atoms. The highest BCUT2D eigenvalue weighted by Crippen LogP contribution is 2.31. The molecule has 0 unspecified atom stereocenters. The Morgan fingerprint density at radius 3 is 2.54 bits per heavy atom. The maximum absolute atomic E-state index is 12.1. The standard InChI is InChI=1S/C20H24N2O4/c1-3-25-19(23)15(20(24)26-4-2)9-10-17-18-14(11-12-21-17)13-7-5-6-8-16(13)22-18/h5-9,17,21-22H,3-4,10-12H2,1-2H3/t17-/m0/s1. The Hall–Kier alpha value is -2.60. The zero-order chi connectivity index (χ0) is 18.5. The molecule has 6 heteroatoms. The lowest BCUT2D eigenvalue weighted by atomic mass is 9.96. The minimum Gasteiger partial charge on any atom is -0.462 e. The molecule has 2 N–H and O–H groups in total. The molecule has 1 aromatic carbocycles. The second-order valence-electron chi connectivity index (χ2n) is 6.11. The predicted molar refractivity (Wildman–Crippen MR) is 98.7 cm³/mol. The maximum atomic E-state index is 12.1. The summed E-state index contributed by atoms with van der Waals surface area (Å²) in [6.45, 7) is 4.69. The topological polar surface area (TPSA) is 80.4 Å². The Bertz CT molecular complexity index is 817. The maximum Gasteiger partial charge on any atom is 0.345 e. The van der Waals surface area contributed by atoms with Crippen LogP contribution in [0.3, 0.4) is 0 Å². The van der Waals surface area contributed by atoms with Gasteiger partial charge in [0.2, 0.25) is 0 Å². The summed E-state index contributed by atoms with van der Waals surface area (Å²) >= 11 is 0. The molecule has 2 heterocycles. The fraction of sp³-hybridized carbons (Fsp3) is 0.400. The van der Waals surface area contributed by atoms with Gasteiger partial charge in [0.1, 0.15) is 5.57 Å². The molecule has 1 aliphatic heterocycles. The summed E-state index contributed by atoms with van der Waals surface area (Å²) in [6.07, 6.45) is 3.06. The SMILES string of the molecule is CCOC(=O)C(=CC[C@@H]1NCCc2c1[nH]c1ccccc21)C(=O)OCC. The molecule has 1 atom stereocenters. The highest BCUT2D eigenvalue weighted by molar-refractivity contribution is 6.14. The van der Waals surface area contributed by atoms with Gasteiger partial charge in [-0.3, -0.25) is 0 Å². The van der Waals surface area contributed by atoms with E-state index in [-0.39, 0.29) is 24.8 Å². The summed E-state index contributed by atoms with van der Waals surface area (Å²) in [5, 5.41) is 4.68. The lowest BCUT2D eigenvalue weighted by Crippen LogP contribution is -2.29. The number of hydrogen-bond donors (Lipinski definition) is 2. The minimum absolute atomic E-state index is 0.00463. The number of para-hydroxylation sites is 1. The van der Waals surface area contributed by atoms with Gasteiger partial charge >= 0.3 is 11.9 Å². The number of aromatic nitrogens is 1. The van der Waals surface area contributed by atoms with E-state index in [9.17, 15) is 9.59 Å². The number of rotatable bonds is 6. The van der Waals surface area contributed by atoms with Gasteiger partial charge < -0.3 is 19.8 Å². The van der Waals surface area contributed by atoms with Crippen molar-refractivity contribution in [3.05, 3.63) is 47.2 Å². The molecule has 0 spiro atoms. The van der Waals surface area contributed by atoms with Crippen LogP contribution in [0.4, 0.5) is 0 Å². The number of esters is 2. The van der Waals surface area contributed by atoms with Crippen LogP contribution in [0.5, 0.6) is 0 Å². The van der Waals surface area contributed by atoms with Crippen molar-refractivity contribution in [2.24, 2.45) is 0 Å². The van der Waals surface area contributed by atoms with E-state index in [0.717, 1.165) is 24.2 Å². The van der Waals surface area contributed by atoms with Gasteiger partial charge in [-0.2, -0.15) is 0 Å². The number of nitrogens with one attached hydrogen (secondary N) is 2. The van der Waals surface area contributed by atoms with Crippen molar-refractivity contribution in [2.75, 3.05) is 19.8 Å². The van der Waals surface area contributed by atoms with Crippen LogP contribution in [0.25, 0.3) is 10.9 Å². The molecule has 0 saturated carbocycles. The predicted octanol–water partition coefficient (Wildman–Crippen LogP) is 2.80. The van der Waals surface area contributed by atoms with E-state index in [2.05, 4.69) is 22.4 Å². The van der Waals surface area contributed by atoms with Gasteiger partial charge in [0.15, 0.2) is 0 Å². The van der Waals surface area contributed by atoms with Crippen LogP contribution < -0.4 is 5.32 Å². The fourth-order valence-corrected chi connectivity index (χ4v) is 3.37. The average Bonchev–Trinajstić information content (AvgIpc) is 3.02. The van der Waals surface area contributed by atoms with E-state index in [1.807, 2.05) is 12.1 Å². The normalized spacial score (nSPS) is 16.0. The molecule has 0 bridgehead atoms. The number of aromatic amines is 1. The molecule has 1 aliphatic rings. The summed E-state index contributed by atoms with van der Waals surface area (Å²) in [7, 11) is 0. The molecular weight excluding hydrogens is 332 g/mol. The van der Waals surface area contributed by atoms with Crippen LogP contribution in [0.2, 0.25) is 0 Å². The van der Waals surface area contributed by atoms with Crippen LogP contribution in [0, 0.1) is 0 Å². The number of hydrogen-bond acceptors (Lipinski definition) is 5. The van der Waals surface area contributed by atoms with Crippen LogP contribution in [0.15, 0.2) is 35.9 Å². The minimum atomic E-state index is -0.640. The number of carbonyl (C=O) groups excluding carboxylic acids is 2. The summed E-state index contributed by atoms with van der Waals surface area (Å²) in [4.78, 5) is 27.7. The monoisotopic (exact) mass is 356 g/mol. The molecule has 0 radical (unpaired) electrons.